The minimum Gasteiger partial charge on any atom is -0.490 e. The van der Waals surface area contributed by atoms with Crippen LogP contribution < -0.4 is 15.4 Å². The van der Waals surface area contributed by atoms with Crippen molar-refractivity contribution in [3.63, 3.8) is 0 Å². The molecule has 0 unspecified atom stereocenters. The van der Waals surface area contributed by atoms with E-state index >= 15 is 0 Å². The van der Waals surface area contributed by atoms with Gasteiger partial charge in [-0.05, 0) is 25.1 Å². The predicted molar refractivity (Wildman–Crippen MR) is 122 cm³/mol. The van der Waals surface area contributed by atoms with Gasteiger partial charge in [-0.15, -0.1) is 0 Å². The number of nitrogens with one attached hydrogen (secondary N) is 2. The number of amides is 2. The Morgan fingerprint density at radius 1 is 1.09 bits per heavy atom. The lowest BCUT2D eigenvalue weighted by molar-refractivity contribution is 0.248. The number of rotatable bonds is 8. The van der Waals surface area contributed by atoms with Crippen molar-refractivity contribution in [2.24, 2.45) is 0 Å². The number of hydrogen-bond donors (Lipinski definition) is 2. The van der Waals surface area contributed by atoms with Gasteiger partial charge in [0.2, 0.25) is 0 Å². The summed E-state index contributed by atoms with van der Waals surface area (Å²) in [7, 11) is 0. The molecule has 33 heavy (non-hydrogen) atoms. The average Bonchev–Trinajstić information content (AvgIpc) is 3.49. The number of carbonyl (C=O) groups excluding carboxylic acids is 1. The zero-order valence-electron chi connectivity index (χ0n) is 17.4. The van der Waals surface area contributed by atoms with Crippen molar-refractivity contribution in [3.05, 3.63) is 71.2 Å². The van der Waals surface area contributed by atoms with E-state index < -0.39 is 12.1 Å². The maximum absolute atomic E-state index is 12.6. The number of halogens is 2. The molecule has 4 aromatic rings. The summed E-state index contributed by atoms with van der Waals surface area (Å²) in [5.74, 6) is 1.19. The lowest BCUT2D eigenvalue weighted by atomic mass is 10.3. The average molecular weight is 488 g/mol. The molecule has 170 valence electrons. The topological polar surface area (TPSA) is 125 Å². The second-order valence-electron chi connectivity index (χ2n) is 6.78. The van der Waals surface area contributed by atoms with Crippen LogP contribution >= 0.6 is 23.2 Å². The Bertz CT molecular complexity index is 1220. The van der Waals surface area contributed by atoms with Crippen LogP contribution in [0.2, 0.25) is 10.0 Å². The van der Waals surface area contributed by atoms with Gasteiger partial charge in [0, 0.05) is 30.9 Å². The van der Waals surface area contributed by atoms with Gasteiger partial charge in [-0.2, -0.15) is 14.9 Å². The lowest BCUT2D eigenvalue weighted by Gasteiger charge is -2.16. The highest BCUT2D eigenvalue weighted by Crippen LogP contribution is 2.34. The Morgan fingerprint density at radius 3 is 2.67 bits per heavy atom. The van der Waals surface area contributed by atoms with Crippen LogP contribution in [0.1, 0.15) is 18.8 Å². The van der Waals surface area contributed by atoms with Crippen molar-refractivity contribution in [2.75, 3.05) is 11.9 Å². The normalized spacial score (nSPS) is 11.7. The summed E-state index contributed by atoms with van der Waals surface area (Å²) in [6.45, 7) is 2.64. The first-order valence-corrected chi connectivity index (χ1v) is 10.6. The highest BCUT2D eigenvalue weighted by atomic mass is 35.5. The molecule has 0 spiro atoms. The molecule has 1 atom stereocenters. The van der Waals surface area contributed by atoms with Crippen LogP contribution in [-0.2, 0) is 6.54 Å². The zero-order chi connectivity index (χ0) is 23.2. The summed E-state index contributed by atoms with van der Waals surface area (Å²) >= 11 is 12.5. The number of ether oxygens (including phenoxy) is 1. The minimum atomic E-state index is -0.507. The van der Waals surface area contributed by atoms with E-state index in [-0.39, 0.29) is 5.02 Å². The Kier molecular flexibility index (Phi) is 7.01. The second-order valence-corrected chi connectivity index (χ2v) is 7.59. The third-order valence-corrected chi connectivity index (χ3v) is 5.07. The van der Waals surface area contributed by atoms with E-state index in [9.17, 15) is 4.79 Å². The summed E-state index contributed by atoms with van der Waals surface area (Å²) in [6, 6.07) is 5.59. The largest absolute Gasteiger partial charge is 0.490 e. The molecular formula is C20H19Cl2N9O2. The molecule has 2 amide bonds. The molecule has 1 aromatic carbocycles. The molecule has 0 aliphatic heterocycles. The monoisotopic (exact) mass is 487 g/mol. The molecule has 0 saturated heterocycles. The summed E-state index contributed by atoms with van der Waals surface area (Å²) in [6.07, 6.45) is 8.07. The first-order chi connectivity index (χ1) is 16.0. The zero-order valence-corrected chi connectivity index (χ0v) is 18.9. The number of urea groups is 1. The highest BCUT2D eigenvalue weighted by molar-refractivity contribution is 6.37. The third-order valence-electron chi connectivity index (χ3n) is 4.46. The van der Waals surface area contributed by atoms with E-state index in [1.807, 2.05) is 12.3 Å². The van der Waals surface area contributed by atoms with Gasteiger partial charge in [0.25, 0.3) is 5.95 Å². The number of benzene rings is 1. The molecule has 4 rings (SSSR count). The van der Waals surface area contributed by atoms with Gasteiger partial charge in [-0.1, -0.05) is 23.2 Å². The fourth-order valence-electron chi connectivity index (χ4n) is 2.94. The van der Waals surface area contributed by atoms with E-state index in [0.717, 1.165) is 0 Å². The number of carbonyl (C=O) groups is 1. The van der Waals surface area contributed by atoms with Gasteiger partial charge >= 0.3 is 6.03 Å². The van der Waals surface area contributed by atoms with Crippen LogP contribution in [0.15, 0.2) is 55.4 Å². The number of aromatic nitrogens is 7. The van der Waals surface area contributed by atoms with Crippen LogP contribution in [0, 0.1) is 0 Å². The third kappa shape index (κ3) is 5.57. The van der Waals surface area contributed by atoms with Gasteiger partial charge in [0.05, 0.1) is 28.3 Å². The number of anilines is 1. The van der Waals surface area contributed by atoms with Crippen LogP contribution in [0.25, 0.3) is 5.95 Å². The maximum Gasteiger partial charge on any atom is 0.319 e. The molecule has 0 aliphatic carbocycles. The summed E-state index contributed by atoms with van der Waals surface area (Å²) < 4.78 is 8.92. The molecule has 0 bridgehead atoms. The molecule has 3 heterocycles. The Balaban J connectivity index is 1.40. The standard InChI is InChI=1S/C20H19Cl2N9O2/c1-13(18-25-12-27-31(18)19-23-4-2-5-24-19)28-20(32)29-16-11-17(15(22)10-14(16)21)33-9-8-30-7-3-6-26-30/h2-7,10-13H,8-9H2,1H3,(H2,28,29,32)/t13-/m0/s1. The summed E-state index contributed by atoms with van der Waals surface area (Å²) in [5.41, 5.74) is 0.340. The Hall–Kier alpha value is -3.70. The molecule has 13 heteroatoms. The Labute approximate surface area is 198 Å². The van der Waals surface area contributed by atoms with Crippen LogP contribution in [-0.4, -0.2) is 47.2 Å². The van der Waals surface area contributed by atoms with Crippen LogP contribution in [0.3, 0.4) is 0 Å². The van der Waals surface area contributed by atoms with E-state index in [0.29, 0.717) is 41.4 Å². The van der Waals surface area contributed by atoms with Crippen molar-refractivity contribution < 1.29 is 9.53 Å². The molecule has 11 nitrogen and oxygen atoms in total. The molecule has 0 radical (unpaired) electrons. The lowest BCUT2D eigenvalue weighted by Crippen LogP contribution is -2.32. The molecule has 2 N–H and O–H groups in total. The Morgan fingerprint density at radius 2 is 1.91 bits per heavy atom. The van der Waals surface area contributed by atoms with Crippen molar-refractivity contribution in [1.29, 1.82) is 0 Å². The smallest absolute Gasteiger partial charge is 0.319 e. The van der Waals surface area contributed by atoms with Gasteiger partial charge in [0.1, 0.15) is 18.7 Å². The number of nitrogens with zero attached hydrogens (tertiary/aromatic N) is 7. The van der Waals surface area contributed by atoms with E-state index in [1.165, 1.54) is 17.1 Å². The predicted octanol–water partition coefficient (Wildman–Crippen LogP) is 3.52. The van der Waals surface area contributed by atoms with Crippen molar-refractivity contribution in [3.8, 4) is 11.7 Å². The van der Waals surface area contributed by atoms with Crippen LogP contribution in [0.5, 0.6) is 5.75 Å². The summed E-state index contributed by atoms with van der Waals surface area (Å²) in [5, 5.41) is 14.3. The fraction of sp³-hybridized carbons (Fsp3) is 0.200. The van der Waals surface area contributed by atoms with Crippen molar-refractivity contribution in [2.45, 2.75) is 19.5 Å². The van der Waals surface area contributed by atoms with Crippen LogP contribution in [0.4, 0.5) is 10.5 Å². The SMILES string of the molecule is C[C@H](NC(=O)Nc1cc(OCCn2cccn2)c(Cl)cc1Cl)c1ncnn1-c1ncccn1. The molecule has 0 saturated carbocycles. The first-order valence-electron chi connectivity index (χ1n) is 9.85. The fourth-order valence-corrected chi connectivity index (χ4v) is 3.42. The number of hydrogen-bond acceptors (Lipinski definition) is 7. The highest BCUT2D eigenvalue weighted by Gasteiger charge is 2.19. The van der Waals surface area contributed by atoms with Gasteiger partial charge < -0.3 is 15.4 Å². The van der Waals surface area contributed by atoms with E-state index in [4.69, 9.17) is 27.9 Å². The van der Waals surface area contributed by atoms with Gasteiger partial charge in [-0.25, -0.2) is 19.7 Å². The van der Waals surface area contributed by atoms with E-state index in [1.54, 1.807) is 42.3 Å². The van der Waals surface area contributed by atoms with Crippen molar-refractivity contribution >= 4 is 34.9 Å². The minimum absolute atomic E-state index is 0.267. The van der Waals surface area contributed by atoms with Gasteiger partial charge in [-0.3, -0.25) is 4.68 Å². The molecular weight excluding hydrogens is 469 g/mol. The molecule has 3 aromatic heterocycles. The second kappa shape index (κ2) is 10.3. The van der Waals surface area contributed by atoms with E-state index in [2.05, 4.69) is 35.8 Å². The first kappa shape index (κ1) is 22.5. The maximum atomic E-state index is 12.6. The molecule has 0 aliphatic rings. The van der Waals surface area contributed by atoms with Gasteiger partial charge in [0.15, 0.2) is 5.82 Å². The quantitative estimate of drug-likeness (QED) is 0.389. The summed E-state index contributed by atoms with van der Waals surface area (Å²) in [4.78, 5) is 25.1. The molecule has 0 fully saturated rings. The van der Waals surface area contributed by atoms with Crippen molar-refractivity contribution in [1.82, 2.24) is 39.8 Å².